The molecule has 1 aromatic carbocycles. The molecule has 134 valence electrons. The first-order chi connectivity index (χ1) is 11.4. The van der Waals surface area contributed by atoms with Crippen molar-refractivity contribution in [2.24, 2.45) is 5.92 Å². The second-order valence-corrected chi connectivity index (χ2v) is 5.94. The number of carbonyl (C=O) groups excluding carboxylic acids is 1. The van der Waals surface area contributed by atoms with Gasteiger partial charge in [-0.2, -0.15) is 13.2 Å². The molecular formula is C17H22F3NO3. The minimum absolute atomic E-state index is 0.0563. The molecule has 2 atom stereocenters. The van der Waals surface area contributed by atoms with Gasteiger partial charge in [0.05, 0.1) is 12.5 Å². The van der Waals surface area contributed by atoms with E-state index in [2.05, 4.69) is 5.32 Å². The van der Waals surface area contributed by atoms with Crippen LogP contribution in [0.2, 0.25) is 0 Å². The number of alkyl halides is 3. The summed E-state index contributed by atoms with van der Waals surface area (Å²) in [4.78, 5) is 12.3. The normalized spacial score (nSPS) is 21.3. The third-order valence-electron chi connectivity index (χ3n) is 4.12. The van der Waals surface area contributed by atoms with E-state index in [1.807, 2.05) is 0 Å². The van der Waals surface area contributed by atoms with Crippen molar-refractivity contribution in [3.05, 3.63) is 29.8 Å². The van der Waals surface area contributed by atoms with E-state index in [0.29, 0.717) is 37.4 Å². The maximum atomic E-state index is 12.8. The summed E-state index contributed by atoms with van der Waals surface area (Å²) in [7, 11) is 1.56. The van der Waals surface area contributed by atoms with Gasteiger partial charge in [-0.3, -0.25) is 4.79 Å². The first kappa shape index (κ1) is 18.6. The molecule has 1 aliphatic carbocycles. The number of nitrogens with one attached hydrogen (secondary N) is 1. The van der Waals surface area contributed by atoms with Crippen molar-refractivity contribution >= 4 is 5.91 Å². The molecular weight excluding hydrogens is 323 g/mol. The monoisotopic (exact) mass is 345 g/mol. The molecule has 1 saturated carbocycles. The average Bonchev–Trinajstić information content (AvgIpc) is 2.55. The number of benzene rings is 1. The number of methoxy groups -OCH3 is 1. The molecule has 1 amide bonds. The smallest absolute Gasteiger partial charge is 0.391 e. The molecule has 0 aliphatic heterocycles. The molecule has 2 rings (SSSR count). The van der Waals surface area contributed by atoms with Crippen LogP contribution in [0.4, 0.5) is 13.2 Å². The highest BCUT2D eigenvalue weighted by atomic mass is 19.4. The molecule has 7 heteroatoms. The van der Waals surface area contributed by atoms with E-state index in [1.165, 1.54) is 0 Å². The van der Waals surface area contributed by atoms with E-state index in [1.54, 1.807) is 31.4 Å². The van der Waals surface area contributed by atoms with E-state index < -0.39 is 18.1 Å². The van der Waals surface area contributed by atoms with Gasteiger partial charge in [0.25, 0.3) is 5.91 Å². The maximum absolute atomic E-state index is 12.8. The fourth-order valence-electron chi connectivity index (χ4n) is 2.86. The van der Waals surface area contributed by atoms with Gasteiger partial charge >= 0.3 is 6.18 Å². The fourth-order valence-corrected chi connectivity index (χ4v) is 2.86. The number of amides is 1. The Balaban J connectivity index is 1.93. The van der Waals surface area contributed by atoms with Gasteiger partial charge in [-0.1, -0.05) is 12.5 Å². The number of halogens is 3. The van der Waals surface area contributed by atoms with Crippen LogP contribution in [-0.4, -0.2) is 38.4 Å². The zero-order valence-corrected chi connectivity index (χ0v) is 13.6. The molecule has 0 radical (unpaired) electrons. The van der Waals surface area contributed by atoms with Crippen LogP contribution in [-0.2, 0) is 4.74 Å². The molecule has 1 fully saturated rings. The average molecular weight is 345 g/mol. The highest BCUT2D eigenvalue weighted by Crippen LogP contribution is 2.37. The van der Waals surface area contributed by atoms with Gasteiger partial charge in [0.2, 0.25) is 0 Å². The first-order valence-electron chi connectivity index (χ1n) is 7.99. The predicted octanol–water partition coefficient (Wildman–Crippen LogP) is 3.56. The summed E-state index contributed by atoms with van der Waals surface area (Å²) in [6, 6.07) is 6.14. The summed E-state index contributed by atoms with van der Waals surface area (Å²) in [5.41, 5.74) is 0.374. The standard InChI is InChI=1S/C17H22F3NO3/c1-23-8-9-24-15-7-2-4-12(10-15)16(22)21-14-6-3-5-13(11-14)17(18,19)20/h2,4,7,10,13-14H,3,5-6,8-9,11H2,1H3,(H,21,22)/t13-,14+/m1/s1. The van der Waals surface area contributed by atoms with Crippen LogP contribution in [0.5, 0.6) is 5.75 Å². The lowest BCUT2D eigenvalue weighted by Gasteiger charge is -2.31. The largest absolute Gasteiger partial charge is 0.491 e. The molecule has 24 heavy (non-hydrogen) atoms. The van der Waals surface area contributed by atoms with Crippen molar-refractivity contribution in [1.82, 2.24) is 5.32 Å². The van der Waals surface area contributed by atoms with Gasteiger partial charge in [-0.15, -0.1) is 0 Å². The lowest BCUT2D eigenvalue weighted by atomic mass is 9.85. The summed E-state index contributed by atoms with van der Waals surface area (Å²) in [6.07, 6.45) is -3.08. The summed E-state index contributed by atoms with van der Waals surface area (Å²) in [6.45, 7) is 0.786. The lowest BCUT2D eigenvalue weighted by molar-refractivity contribution is -0.183. The zero-order valence-electron chi connectivity index (χ0n) is 13.6. The van der Waals surface area contributed by atoms with Gasteiger partial charge < -0.3 is 14.8 Å². The lowest BCUT2D eigenvalue weighted by Crippen LogP contribution is -2.41. The van der Waals surface area contributed by atoms with Gasteiger partial charge in [0.1, 0.15) is 12.4 Å². The molecule has 0 saturated heterocycles. The van der Waals surface area contributed by atoms with E-state index in [-0.39, 0.29) is 18.7 Å². The Kier molecular flexibility index (Phi) is 6.48. The minimum Gasteiger partial charge on any atom is -0.491 e. The van der Waals surface area contributed by atoms with Crippen LogP contribution in [0.25, 0.3) is 0 Å². The Morgan fingerprint density at radius 2 is 2.08 bits per heavy atom. The van der Waals surface area contributed by atoms with Crippen LogP contribution < -0.4 is 10.1 Å². The second kappa shape index (κ2) is 8.37. The van der Waals surface area contributed by atoms with Crippen molar-refractivity contribution in [1.29, 1.82) is 0 Å². The Bertz CT molecular complexity index is 548. The zero-order chi connectivity index (χ0) is 17.6. The van der Waals surface area contributed by atoms with Gasteiger partial charge in [-0.25, -0.2) is 0 Å². The summed E-state index contributed by atoms with van der Waals surface area (Å²) in [5.74, 6) is -1.18. The molecule has 1 aliphatic rings. The van der Waals surface area contributed by atoms with Crippen LogP contribution in [0.15, 0.2) is 24.3 Å². The number of ether oxygens (including phenoxy) is 2. The van der Waals surface area contributed by atoms with E-state index in [4.69, 9.17) is 9.47 Å². The molecule has 0 heterocycles. The van der Waals surface area contributed by atoms with Crippen LogP contribution in [0, 0.1) is 5.92 Å². The van der Waals surface area contributed by atoms with E-state index in [9.17, 15) is 18.0 Å². The highest BCUT2D eigenvalue weighted by molar-refractivity contribution is 5.94. The van der Waals surface area contributed by atoms with Crippen molar-refractivity contribution < 1.29 is 27.4 Å². The third-order valence-corrected chi connectivity index (χ3v) is 4.12. The minimum atomic E-state index is -4.20. The first-order valence-corrected chi connectivity index (χ1v) is 7.99. The Morgan fingerprint density at radius 3 is 2.79 bits per heavy atom. The topological polar surface area (TPSA) is 47.6 Å². The van der Waals surface area contributed by atoms with Crippen LogP contribution >= 0.6 is 0 Å². The van der Waals surface area contributed by atoms with Crippen LogP contribution in [0.1, 0.15) is 36.0 Å². The molecule has 0 aromatic heterocycles. The fraction of sp³-hybridized carbons (Fsp3) is 0.588. The quantitative estimate of drug-likeness (QED) is 0.802. The third kappa shape index (κ3) is 5.40. The van der Waals surface area contributed by atoms with Crippen molar-refractivity contribution in [2.45, 2.75) is 37.9 Å². The summed E-state index contributed by atoms with van der Waals surface area (Å²) >= 11 is 0. The van der Waals surface area contributed by atoms with Gasteiger partial charge in [-0.05, 0) is 37.5 Å². The molecule has 0 bridgehead atoms. The number of carbonyl (C=O) groups is 1. The molecule has 0 spiro atoms. The second-order valence-electron chi connectivity index (χ2n) is 5.94. The molecule has 1 N–H and O–H groups in total. The maximum Gasteiger partial charge on any atom is 0.391 e. The summed E-state index contributed by atoms with van der Waals surface area (Å²) in [5, 5.41) is 2.71. The highest BCUT2D eigenvalue weighted by Gasteiger charge is 2.42. The van der Waals surface area contributed by atoms with E-state index >= 15 is 0 Å². The van der Waals surface area contributed by atoms with Gasteiger partial charge in [0.15, 0.2) is 0 Å². The van der Waals surface area contributed by atoms with E-state index in [0.717, 1.165) is 0 Å². The van der Waals surface area contributed by atoms with Crippen molar-refractivity contribution in [2.75, 3.05) is 20.3 Å². The molecule has 0 unspecified atom stereocenters. The molecule has 1 aromatic rings. The van der Waals surface area contributed by atoms with Crippen LogP contribution in [0.3, 0.4) is 0 Å². The Hall–Kier alpha value is -1.76. The number of hydrogen-bond acceptors (Lipinski definition) is 3. The van der Waals surface area contributed by atoms with Gasteiger partial charge in [0, 0.05) is 18.7 Å². The van der Waals surface area contributed by atoms with Crippen molar-refractivity contribution in [3.8, 4) is 5.75 Å². The Labute approximate surface area is 139 Å². The molecule has 4 nitrogen and oxygen atoms in total. The number of hydrogen-bond donors (Lipinski definition) is 1. The summed E-state index contributed by atoms with van der Waals surface area (Å²) < 4.78 is 48.8. The SMILES string of the molecule is COCCOc1cccc(C(=O)N[C@H]2CCC[C@@H](C(F)(F)F)C2)c1. The Morgan fingerprint density at radius 1 is 1.29 bits per heavy atom. The predicted molar refractivity (Wildman–Crippen MR) is 83.1 cm³/mol. The number of rotatable bonds is 6. The van der Waals surface area contributed by atoms with Crippen molar-refractivity contribution in [3.63, 3.8) is 0 Å².